The monoisotopic (exact) mass is 300 g/mol. The lowest BCUT2D eigenvalue weighted by atomic mass is 9.77. The highest BCUT2D eigenvalue weighted by atomic mass is 14.3. The van der Waals surface area contributed by atoms with Crippen LogP contribution in [0.2, 0.25) is 0 Å². The molecule has 0 N–H and O–H groups in total. The van der Waals surface area contributed by atoms with Crippen LogP contribution in [-0.2, 0) is 6.42 Å². The van der Waals surface area contributed by atoms with E-state index in [1.165, 1.54) is 82.6 Å². The fraction of sp³-hybridized carbons (Fsp3) is 0.727. The molecule has 2 rings (SSSR count). The van der Waals surface area contributed by atoms with Gasteiger partial charge >= 0.3 is 0 Å². The van der Waals surface area contributed by atoms with E-state index in [0.29, 0.717) is 0 Å². The molecule has 0 aromatic heterocycles. The van der Waals surface area contributed by atoms with Crippen LogP contribution in [0.4, 0.5) is 0 Å². The first-order valence-corrected chi connectivity index (χ1v) is 9.92. The van der Waals surface area contributed by atoms with Crippen molar-refractivity contribution in [2.24, 2.45) is 5.92 Å². The standard InChI is InChI=1S/C22H36/c1-3-5-6-7-8-10-20-13-17-22(18-14-20)21-15-11-19(9-4-2)12-16-21/h11-12,15-16,20,22H,3-10,13-14,17-18H2,1-2H3. The van der Waals surface area contributed by atoms with Crippen molar-refractivity contribution >= 4 is 0 Å². The summed E-state index contributed by atoms with van der Waals surface area (Å²) in [6, 6.07) is 9.53. The second-order valence-electron chi connectivity index (χ2n) is 7.41. The Morgan fingerprint density at radius 2 is 1.45 bits per heavy atom. The topological polar surface area (TPSA) is 0 Å². The van der Waals surface area contributed by atoms with E-state index in [9.17, 15) is 0 Å². The van der Waals surface area contributed by atoms with Crippen LogP contribution in [0.15, 0.2) is 24.3 Å². The fourth-order valence-electron chi connectivity index (χ4n) is 4.07. The summed E-state index contributed by atoms with van der Waals surface area (Å²) in [6.07, 6.45) is 16.9. The van der Waals surface area contributed by atoms with Crippen molar-refractivity contribution < 1.29 is 0 Å². The van der Waals surface area contributed by atoms with E-state index >= 15 is 0 Å². The minimum atomic E-state index is 0.840. The Kier molecular flexibility index (Phi) is 8.05. The molecule has 0 nitrogen and oxygen atoms in total. The maximum Gasteiger partial charge on any atom is -0.0162 e. The molecule has 0 spiro atoms. The maximum atomic E-state index is 2.40. The third-order valence-corrected chi connectivity index (χ3v) is 5.55. The molecule has 1 fully saturated rings. The first-order valence-electron chi connectivity index (χ1n) is 9.92. The number of benzene rings is 1. The van der Waals surface area contributed by atoms with Gasteiger partial charge in [0.1, 0.15) is 0 Å². The molecule has 1 aromatic carbocycles. The lowest BCUT2D eigenvalue weighted by Gasteiger charge is -2.29. The van der Waals surface area contributed by atoms with Gasteiger partial charge in [-0.1, -0.05) is 83.1 Å². The van der Waals surface area contributed by atoms with E-state index in [-0.39, 0.29) is 0 Å². The van der Waals surface area contributed by atoms with Gasteiger partial charge in [0.25, 0.3) is 0 Å². The van der Waals surface area contributed by atoms with E-state index in [2.05, 4.69) is 38.1 Å². The lowest BCUT2D eigenvalue weighted by molar-refractivity contribution is 0.302. The first-order chi connectivity index (χ1) is 10.8. The molecule has 0 unspecified atom stereocenters. The second-order valence-corrected chi connectivity index (χ2v) is 7.41. The van der Waals surface area contributed by atoms with Gasteiger partial charge in [0.15, 0.2) is 0 Å². The Morgan fingerprint density at radius 3 is 2.09 bits per heavy atom. The predicted octanol–water partition coefficient (Wildman–Crippen LogP) is 7.27. The molecule has 0 aliphatic heterocycles. The van der Waals surface area contributed by atoms with E-state index in [1.807, 2.05) is 0 Å². The van der Waals surface area contributed by atoms with Crippen molar-refractivity contribution in [2.45, 2.75) is 96.8 Å². The van der Waals surface area contributed by atoms with Crippen molar-refractivity contribution in [2.75, 3.05) is 0 Å². The van der Waals surface area contributed by atoms with E-state index in [1.54, 1.807) is 5.56 Å². The van der Waals surface area contributed by atoms with Crippen molar-refractivity contribution in [1.29, 1.82) is 0 Å². The van der Waals surface area contributed by atoms with Gasteiger partial charge in [-0.3, -0.25) is 0 Å². The highest BCUT2D eigenvalue weighted by molar-refractivity contribution is 5.25. The quantitative estimate of drug-likeness (QED) is 0.420. The molecular weight excluding hydrogens is 264 g/mol. The highest BCUT2D eigenvalue weighted by Gasteiger charge is 2.21. The van der Waals surface area contributed by atoms with Crippen LogP contribution >= 0.6 is 0 Å². The van der Waals surface area contributed by atoms with E-state index in [4.69, 9.17) is 0 Å². The number of unbranched alkanes of at least 4 members (excludes halogenated alkanes) is 4. The zero-order valence-corrected chi connectivity index (χ0v) is 14.9. The van der Waals surface area contributed by atoms with E-state index in [0.717, 1.165) is 11.8 Å². The van der Waals surface area contributed by atoms with Gasteiger partial charge < -0.3 is 0 Å². The lowest BCUT2D eigenvalue weighted by Crippen LogP contribution is -2.13. The van der Waals surface area contributed by atoms with Gasteiger partial charge in [-0.05, 0) is 55.1 Å². The molecule has 0 radical (unpaired) electrons. The molecule has 1 aliphatic carbocycles. The molecule has 1 aliphatic rings. The van der Waals surface area contributed by atoms with Crippen molar-refractivity contribution in [3.8, 4) is 0 Å². The number of rotatable bonds is 9. The summed E-state index contributed by atoms with van der Waals surface area (Å²) >= 11 is 0. The molecule has 1 aromatic rings. The van der Waals surface area contributed by atoms with Crippen molar-refractivity contribution in [3.05, 3.63) is 35.4 Å². The molecule has 0 heteroatoms. The van der Waals surface area contributed by atoms with Crippen LogP contribution in [0.25, 0.3) is 0 Å². The first kappa shape index (κ1) is 17.6. The molecule has 0 bridgehead atoms. The zero-order chi connectivity index (χ0) is 15.6. The van der Waals surface area contributed by atoms with Crippen molar-refractivity contribution in [3.63, 3.8) is 0 Å². The normalized spacial score (nSPS) is 21.9. The minimum Gasteiger partial charge on any atom is -0.0654 e. The zero-order valence-electron chi connectivity index (χ0n) is 14.9. The SMILES string of the molecule is CCCCCCCC1CCC(c2ccc(CCC)cc2)CC1. The molecule has 0 atom stereocenters. The second kappa shape index (κ2) is 10.1. The summed E-state index contributed by atoms with van der Waals surface area (Å²) < 4.78 is 0. The van der Waals surface area contributed by atoms with Gasteiger partial charge in [0.2, 0.25) is 0 Å². The summed E-state index contributed by atoms with van der Waals surface area (Å²) in [5.41, 5.74) is 3.10. The van der Waals surface area contributed by atoms with Gasteiger partial charge in [0.05, 0.1) is 0 Å². The highest BCUT2D eigenvalue weighted by Crippen LogP contribution is 2.37. The van der Waals surface area contributed by atoms with Gasteiger partial charge in [-0.15, -0.1) is 0 Å². The molecule has 1 saturated carbocycles. The molecular formula is C22H36. The fourth-order valence-corrected chi connectivity index (χ4v) is 4.07. The Hall–Kier alpha value is -0.780. The summed E-state index contributed by atoms with van der Waals surface area (Å²) in [7, 11) is 0. The average Bonchev–Trinajstić information content (AvgIpc) is 2.56. The molecule has 0 heterocycles. The molecule has 124 valence electrons. The number of hydrogen-bond acceptors (Lipinski definition) is 0. The summed E-state index contributed by atoms with van der Waals surface area (Å²) in [5, 5.41) is 0. The van der Waals surface area contributed by atoms with Crippen LogP contribution in [0.1, 0.15) is 102 Å². The van der Waals surface area contributed by atoms with Gasteiger partial charge in [0, 0.05) is 0 Å². The largest absolute Gasteiger partial charge is 0.0654 e. The Bertz CT molecular complexity index is 381. The number of aryl methyl sites for hydroxylation is 1. The van der Waals surface area contributed by atoms with Crippen LogP contribution in [0.5, 0.6) is 0 Å². The Labute approximate surface area is 138 Å². The Balaban J connectivity index is 1.68. The predicted molar refractivity (Wildman–Crippen MR) is 98.5 cm³/mol. The van der Waals surface area contributed by atoms with Crippen LogP contribution in [0.3, 0.4) is 0 Å². The van der Waals surface area contributed by atoms with Crippen molar-refractivity contribution in [1.82, 2.24) is 0 Å². The van der Waals surface area contributed by atoms with Crippen LogP contribution in [-0.4, -0.2) is 0 Å². The van der Waals surface area contributed by atoms with E-state index < -0.39 is 0 Å². The molecule has 0 amide bonds. The Morgan fingerprint density at radius 1 is 0.773 bits per heavy atom. The van der Waals surface area contributed by atoms with Gasteiger partial charge in [-0.2, -0.15) is 0 Å². The summed E-state index contributed by atoms with van der Waals surface area (Å²) in [6.45, 7) is 4.56. The number of hydrogen-bond donors (Lipinski definition) is 0. The third-order valence-electron chi connectivity index (χ3n) is 5.55. The maximum absolute atomic E-state index is 2.40. The summed E-state index contributed by atoms with van der Waals surface area (Å²) in [5.74, 6) is 1.87. The smallest absolute Gasteiger partial charge is 0.0162 e. The molecule has 0 saturated heterocycles. The van der Waals surface area contributed by atoms with Crippen LogP contribution < -0.4 is 0 Å². The van der Waals surface area contributed by atoms with Gasteiger partial charge in [-0.25, -0.2) is 0 Å². The van der Waals surface area contributed by atoms with Crippen LogP contribution in [0, 0.1) is 5.92 Å². The summed E-state index contributed by atoms with van der Waals surface area (Å²) in [4.78, 5) is 0. The third kappa shape index (κ3) is 5.78. The molecule has 22 heavy (non-hydrogen) atoms. The minimum absolute atomic E-state index is 0.840. The average molecular weight is 301 g/mol.